The lowest BCUT2D eigenvalue weighted by molar-refractivity contribution is -0.137. The van der Waals surface area contributed by atoms with Crippen LogP contribution < -0.4 is 0 Å². The largest absolute Gasteiger partial charge is 0.463 e. The molecule has 5 heteroatoms. The molecule has 0 unspecified atom stereocenters. The third-order valence-electron chi connectivity index (χ3n) is 3.83. The average Bonchev–Trinajstić information content (AvgIpc) is 2.31. The van der Waals surface area contributed by atoms with Crippen LogP contribution in [-0.2, 0) is 18.8 Å². The Kier molecular flexibility index (Phi) is 8.11. The van der Waals surface area contributed by atoms with Gasteiger partial charge >= 0.3 is 5.97 Å². The molecule has 0 fully saturated rings. The molecule has 0 heterocycles. The maximum atomic E-state index is 11.8. The summed E-state index contributed by atoms with van der Waals surface area (Å²) in [7, 11) is -1.96. The van der Waals surface area contributed by atoms with Gasteiger partial charge in [-0.05, 0) is 44.8 Å². The molecule has 0 aliphatic rings. The van der Waals surface area contributed by atoms with Gasteiger partial charge in [0, 0.05) is 6.08 Å². The summed E-state index contributed by atoms with van der Waals surface area (Å²) in [6.45, 7) is 14.4. The van der Waals surface area contributed by atoms with Crippen LogP contribution in [-0.4, -0.2) is 32.8 Å². The van der Waals surface area contributed by atoms with Crippen molar-refractivity contribution in [2.24, 2.45) is 0 Å². The molecule has 0 radical (unpaired) electrons. The Morgan fingerprint density at radius 3 is 2.24 bits per heavy atom. The molecule has 0 aromatic heterocycles. The van der Waals surface area contributed by atoms with Crippen molar-refractivity contribution in [1.82, 2.24) is 0 Å². The smallest absolute Gasteiger partial charge is 0.330 e. The van der Waals surface area contributed by atoms with Crippen molar-refractivity contribution < 1.29 is 18.8 Å². The van der Waals surface area contributed by atoms with E-state index in [0.29, 0.717) is 19.4 Å². The van der Waals surface area contributed by atoms with Gasteiger partial charge in [-0.1, -0.05) is 26.8 Å². The minimum Gasteiger partial charge on any atom is -0.463 e. The van der Waals surface area contributed by atoms with Crippen LogP contribution in [0.5, 0.6) is 0 Å². The lowest BCUT2D eigenvalue weighted by atomic mass is 10.1. The van der Waals surface area contributed by atoms with Crippen LogP contribution in [0.25, 0.3) is 0 Å². The number of Topliss-reactive ketones (excluding diaryl/α,β-unsaturated/α-hetero) is 1. The Hall–Kier alpha value is -0.943. The summed E-state index contributed by atoms with van der Waals surface area (Å²) in [6.07, 6.45) is 3.98. The van der Waals surface area contributed by atoms with Gasteiger partial charge in [0.1, 0.15) is 6.10 Å². The fourth-order valence-electron chi connectivity index (χ4n) is 1.50. The van der Waals surface area contributed by atoms with E-state index in [-0.39, 0.29) is 16.8 Å². The molecule has 0 aromatic rings. The summed E-state index contributed by atoms with van der Waals surface area (Å²) in [5.41, 5.74) is 0. The minimum atomic E-state index is -1.96. The molecule has 122 valence electrons. The summed E-state index contributed by atoms with van der Waals surface area (Å²) in [5, 5.41) is 0.0709. The van der Waals surface area contributed by atoms with E-state index in [0.717, 1.165) is 0 Å². The highest BCUT2D eigenvalue weighted by Gasteiger charge is 2.39. The summed E-state index contributed by atoms with van der Waals surface area (Å²) in [6, 6.07) is 0. The minimum absolute atomic E-state index is 0.0457. The van der Waals surface area contributed by atoms with Crippen molar-refractivity contribution in [3.8, 4) is 0 Å². The molecule has 0 aliphatic carbocycles. The zero-order valence-corrected chi connectivity index (χ0v) is 15.5. The van der Waals surface area contributed by atoms with Crippen molar-refractivity contribution in [3.63, 3.8) is 0 Å². The summed E-state index contributed by atoms with van der Waals surface area (Å²) in [4.78, 5) is 22.9. The predicted octanol–water partition coefficient (Wildman–Crippen LogP) is 3.87. The first kappa shape index (κ1) is 20.1. The van der Waals surface area contributed by atoms with Crippen molar-refractivity contribution in [2.45, 2.75) is 71.7 Å². The van der Waals surface area contributed by atoms with Crippen molar-refractivity contribution in [3.05, 3.63) is 12.2 Å². The fraction of sp³-hybridized carbons (Fsp3) is 0.750. The van der Waals surface area contributed by atoms with E-state index in [4.69, 9.17) is 9.16 Å². The van der Waals surface area contributed by atoms with Gasteiger partial charge in [0.2, 0.25) is 0 Å². The number of esters is 1. The lowest BCUT2D eigenvalue weighted by Crippen LogP contribution is -2.45. The molecule has 0 aliphatic heterocycles. The Morgan fingerprint density at radius 2 is 1.81 bits per heavy atom. The fourth-order valence-corrected chi connectivity index (χ4v) is 2.84. The number of hydrogen-bond acceptors (Lipinski definition) is 4. The maximum Gasteiger partial charge on any atom is 0.330 e. The highest BCUT2D eigenvalue weighted by molar-refractivity contribution is 6.74. The number of carbonyl (C=O) groups excluding carboxylic acids is 2. The van der Waals surface area contributed by atoms with E-state index in [9.17, 15) is 9.59 Å². The van der Waals surface area contributed by atoms with Gasteiger partial charge in [0.15, 0.2) is 14.1 Å². The van der Waals surface area contributed by atoms with E-state index in [2.05, 4.69) is 33.9 Å². The zero-order valence-electron chi connectivity index (χ0n) is 14.5. The molecule has 1 atom stereocenters. The van der Waals surface area contributed by atoms with Gasteiger partial charge < -0.3 is 9.16 Å². The van der Waals surface area contributed by atoms with Crippen LogP contribution in [0.2, 0.25) is 18.1 Å². The molecule has 0 N–H and O–H groups in total. The average molecular weight is 314 g/mol. The molecule has 0 aromatic carbocycles. The highest BCUT2D eigenvalue weighted by atomic mass is 28.4. The molecule has 21 heavy (non-hydrogen) atoms. The van der Waals surface area contributed by atoms with Gasteiger partial charge in [0.25, 0.3) is 0 Å². The second kappa shape index (κ2) is 8.49. The van der Waals surface area contributed by atoms with Crippen LogP contribution in [0, 0.1) is 0 Å². The van der Waals surface area contributed by atoms with Crippen molar-refractivity contribution in [1.29, 1.82) is 0 Å². The van der Waals surface area contributed by atoms with E-state index >= 15 is 0 Å². The SMILES string of the molecule is CCOC(=O)/C=C/CC[C@@H](O[Si](C)(C)C(C)(C)C)C(C)=O. The number of hydrogen-bond donors (Lipinski definition) is 0. The Labute approximate surface area is 130 Å². The topological polar surface area (TPSA) is 52.6 Å². The number of allylic oxidation sites excluding steroid dienone is 1. The molecule has 0 amide bonds. The second-order valence-corrected chi connectivity index (χ2v) is 11.5. The quantitative estimate of drug-likeness (QED) is 0.388. The monoisotopic (exact) mass is 314 g/mol. The molecule has 0 bridgehead atoms. The Balaban J connectivity index is 4.53. The summed E-state index contributed by atoms with van der Waals surface area (Å²) < 4.78 is 11.0. The molecular weight excluding hydrogens is 284 g/mol. The first-order valence-electron chi connectivity index (χ1n) is 7.53. The Morgan fingerprint density at radius 1 is 1.24 bits per heavy atom. The Bertz CT molecular complexity index is 380. The normalized spacial score (nSPS) is 14.2. The van der Waals surface area contributed by atoms with Gasteiger partial charge in [-0.25, -0.2) is 4.79 Å². The molecular formula is C16H30O4Si. The number of carbonyl (C=O) groups is 2. The summed E-state index contributed by atoms with van der Waals surface area (Å²) in [5.74, 6) is -0.299. The second-order valence-electron chi connectivity index (χ2n) is 6.71. The summed E-state index contributed by atoms with van der Waals surface area (Å²) >= 11 is 0. The molecule has 0 saturated carbocycles. The van der Waals surface area contributed by atoms with E-state index < -0.39 is 14.4 Å². The van der Waals surface area contributed by atoms with Gasteiger partial charge in [0.05, 0.1) is 6.61 Å². The number of ketones is 1. The van der Waals surface area contributed by atoms with Crippen LogP contribution in [0.3, 0.4) is 0 Å². The van der Waals surface area contributed by atoms with Gasteiger partial charge in [-0.2, -0.15) is 0 Å². The highest BCUT2D eigenvalue weighted by Crippen LogP contribution is 2.37. The van der Waals surface area contributed by atoms with Gasteiger partial charge in [-0.15, -0.1) is 0 Å². The molecule has 0 saturated heterocycles. The number of ether oxygens (including phenoxy) is 1. The van der Waals surface area contributed by atoms with E-state index in [1.165, 1.54) is 6.08 Å². The lowest BCUT2D eigenvalue weighted by Gasteiger charge is -2.38. The van der Waals surface area contributed by atoms with Crippen molar-refractivity contribution in [2.75, 3.05) is 6.61 Å². The standard InChI is InChI=1S/C16H30O4Si/c1-8-19-15(18)12-10-9-11-14(13(2)17)20-21(6,7)16(3,4)5/h10,12,14H,8-9,11H2,1-7H3/b12-10+/t14-/m1/s1. The van der Waals surface area contributed by atoms with E-state index in [1.54, 1.807) is 19.9 Å². The molecule has 0 rings (SSSR count). The number of rotatable bonds is 8. The van der Waals surface area contributed by atoms with Crippen LogP contribution in [0.4, 0.5) is 0 Å². The third kappa shape index (κ3) is 7.57. The van der Waals surface area contributed by atoms with Crippen LogP contribution in [0.15, 0.2) is 12.2 Å². The van der Waals surface area contributed by atoms with Crippen LogP contribution in [0.1, 0.15) is 47.5 Å². The zero-order chi connectivity index (χ0) is 16.7. The van der Waals surface area contributed by atoms with E-state index in [1.807, 2.05) is 0 Å². The third-order valence-corrected chi connectivity index (χ3v) is 8.32. The molecule has 4 nitrogen and oxygen atoms in total. The maximum absolute atomic E-state index is 11.8. The first-order chi connectivity index (χ1) is 9.51. The van der Waals surface area contributed by atoms with Gasteiger partial charge in [-0.3, -0.25) is 4.79 Å². The van der Waals surface area contributed by atoms with Crippen molar-refractivity contribution >= 4 is 20.1 Å². The molecule has 0 spiro atoms. The first-order valence-corrected chi connectivity index (χ1v) is 10.4. The predicted molar refractivity (Wildman–Crippen MR) is 87.8 cm³/mol. The van der Waals surface area contributed by atoms with Crippen LogP contribution >= 0.6 is 0 Å².